The summed E-state index contributed by atoms with van der Waals surface area (Å²) in [5.41, 5.74) is 5.62. The number of aliphatic hydroxyl groups excluding tert-OH is 1. The Labute approximate surface area is 92.4 Å². The van der Waals surface area contributed by atoms with E-state index in [2.05, 4.69) is 11.8 Å². The third-order valence-corrected chi connectivity index (χ3v) is 3.13. The third-order valence-electron chi connectivity index (χ3n) is 3.13. The summed E-state index contributed by atoms with van der Waals surface area (Å²) in [6.45, 7) is 7.98. The first kappa shape index (κ1) is 12.9. The van der Waals surface area contributed by atoms with Crippen LogP contribution in [-0.2, 0) is 4.74 Å². The van der Waals surface area contributed by atoms with E-state index < -0.39 is 0 Å². The molecule has 1 heterocycles. The second kappa shape index (κ2) is 6.43. The molecule has 1 rings (SSSR count). The number of nitrogens with zero attached hydrogens (tertiary/aromatic N) is 1. The lowest BCUT2D eigenvalue weighted by atomic mass is 9.96. The van der Waals surface area contributed by atoms with E-state index in [0.717, 1.165) is 26.1 Å². The predicted molar refractivity (Wildman–Crippen MR) is 60.7 cm³/mol. The molecule has 1 fully saturated rings. The van der Waals surface area contributed by atoms with Gasteiger partial charge in [-0.25, -0.2) is 0 Å². The Kier molecular flexibility index (Phi) is 5.53. The lowest BCUT2D eigenvalue weighted by molar-refractivity contribution is -0.00894. The largest absolute Gasteiger partial charge is 0.392 e. The molecule has 4 nitrogen and oxygen atoms in total. The second-order valence-electron chi connectivity index (χ2n) is 4.41. The molecule has 1 aliphatic heterocycles. The van der Waals surface area contributed by atoms with Gasteiger partial charge in [0, 0.05) is 26.2 Å². The highest BCUT2D eigenvalue weighted by molar-refractivity contribution is 4.79. The van der Waals surface area contributed by atoms with Gasteiger partial charge in [-0.3, -0.25) is 4.90 Å². The SMILES string of the molecule is CCOC(CN)CN1CCC(C)C(O)C1. The van der Waals surface area contributed by atoms with E-state index in [1.807, 2.05) is 6.92 Å². The molecule has 0 amide bonds. The van der Waals surface area contributed by atoms with Crippen LogP contribution >= 0.6 is 0 Å². The van der Waals surface area contributed by atoms with E-state index in [0.29, 0.717) is 19.1 Å². The molecule has 0 radical (unpaired) electrons. The first-order valence-electron chi connectivity index (χ1n) is 5.89. The fourth-order valence-electron chi connectivity index (χ4n) is 2.00. The zero-order chi connectivity index (χ0) is 11.3. The summed E-state index contributed by atoms with van der Waals surface area (Å²) < 4.78 is 5.51. The van der Waals surface area contributed by atoms with E-state index in [-0.39, 0.29) is 12.2 Å². The second-order valence-corrected chi connectivity index (χ2v) is 4.41. The Morgan fingerprint density at radius 3 is 2.87 bits per heavy atom. The van der Waals surface area contributed by atoms with E-state index in [1.165, 1.54) is 0 Å². The minimum absolute atomic E-state index is 0.107. The molecule has 1 saturated heterocycles. The molecule has 0 bridgehead atoms. The Bertz CT molecular complexity index is 178. The highest BCUT2D eigenvalue weighted by Crippen LogP contribution is 2.17. The minimum Gasteiger partial charge on any atom is -0.392 e. The number of likely N-dealkylation sites (tertiary alicyclic amines) is 1. The quantitative estimate of drug-likeness (QED) is 0.682. The Morgan fingerprint density at radius 2 is 2.33 bits per heavy atom. The van der Waals surface area contributed by atoms with Crippen LogP contribution in [0.1, 0.15) is 20.3 Å². The number of aliphatic hydroxyl groups is 1. The van der Waals surface area contributed by atoms with Crippen LogP contribution in [0.2, 0.25) is 0 Å². The van der Waals surface area contributed by atoms with Gasteiger partial charge in [-0.05, 0) is 25.8 Å². The van der Waals surface area contributed by atoms with Crippen LogP contribution in [0.3, 0.4) is 0 Å². The van der Waals surface area contributed by atoms with Gasteiger partial charge in [-0.2, -0.15) is 0 Å². The lowest BCUT2D eigenvalue weighted by Crippen LogP contribution is -2.47. The van der Waals surface area contributed by atoms with E-state index in [1.54, 1.807) is 0 Å². The van der Waals surface area contributed by atoms with Gasteiger partial charge in [0.05, 0.1) is 12.2 Å². The summed E-state index contributed by atoms with van der Waals surface area (Å²) in [7, 11) is 0. The molecule has 0 aromatic rings. The molecule has 1 aliphatic rings. The van der Waals surface area contributed by atoms with Crippen molar-refractivity contribution < 1.29 is 9.84 Å². The number of piperidine rings is 1. The predicted octanol–water partition coefficient (Wildman–Crippen LogP) is 0.0529. The number of nitrogens with two attached hydrogens (primary N) is 1. The van der Waals surface area contributed by atoms with Gasteiger partial charge in [0.1, 0.15) is 0 Å². The summed E-state index contributed by atoms with van der Waals surface area (Å²) >= 11 is 0. The normalized spacial score (nSPS) is 30.4. The van der Waals surface area contributed by atoms with Crippen LogP contribution in [0, 0.1) is 5.92 Å². The van der Waals surface area contributed by atoms with Crippen molar-refractivity contribution in [1.29, 1.82) is 0 Å². The lowest BCUT2D eigenvalue weighted by Gasteiger charge is -2.35. The maximum Gasteiger partial charge on any atom is 0.0823 e. The van der Waals surface area contributed by atoms with Gasteiger partial charge >= 0.3 is 0 Å². The highest BCUT2D eigenvalue weighted by atomic mass is 16.5. The molecule has 4 heteroatoms. The van der Waals surface area contributed by atoms with Crippen LogP contribution in [-0.4, -0.2) is 55.0 Å². The minimum atomic E-state index is -0.196. The molecule has 0 saturated carbocycles. The molecule has 3 unspecified atom stereocenters. The summed E-state index contributed by atoms with van der Waals surface area (Å²) in [5.74, 6) is 0.421. The van der Waals surface area contributed by atoms with Gasteiger partial charge in [-0.15, -0.1) is 0 Å². The highest BCUT2D eigenvalue weighted by Gasteiger charge is 2.25. The molecule has 0 aromatic heterocycles. The van der Waals surface area contributed by atoms with E-state index in [4.69, 9.17) is 10.5 Å². The Balaban J connectivity index is 2.31. The fourth-order valence-corrected chi connectivity index (χ4v) is 2.00. The number of hydrogen-bond acceptors (Lipinski definition) is 4. The Morgan fingerprint density at radius 1 is 1.60 bits per heavy atom. The Hall–Kier alpha value is -0.160. The van der Waals surface area contributed by atoms with Gasteiger partial charge < -0.3 is 15.6 Å². The number of hydrogen-bond donors (Lipinski definition) is 2. The third kappa shape index (κ3) is 4.07. The maximum atomic E-state index is 9.75. The first-order valence-corrected chi connectivity index (χ1v) is 5.89. The van der Waals surface area contributed by atoms with Gasteiger partial charge in [0.2, 0.25) is 0 Å². The molecule has 90 valence electrons. The molecule has 0 aliphatic carbocycles. The number of rotatable bonds is 5. The summed E-state index contributed by atoms with van der Waals surface area (Å²) in [6, 6.07) is 0. The van der Waals surface area contributed by atoms with Crippen LogP contribution in [0.5, 0.6) is 0 Å². The molecular formula is C11H24N2O2. The van der Waals surface area contributed by atoms with Crippen molar-refractivity contribution in [1.82, 2.24) is 4.90 Å². The van der Waals surface area contributed by atoms with Crippen molar-refractivity contribution in [2.45, 2.75) is 32.5 Å². The number of β-amino-alcohol motifs (C(OH)–C–C–N with tert-alkyl or cyclic N) is 1. The molecule has 15 heavy (non-hydrogen) atoms. The first-order chi connectivity index (χ1) is 7.17. The summed E-state index contributed by atoms with van der Waals surface area (Å²) in [5, 5.41) is 9.75. The van der Waals surface area contributed by atoms with Crippen molar-refractivity contribution in [3.63, 3.8) is 0 Å². The van der Waals surface area contributed by atoms with Crippen molar-refractivity contribution in [3.05, 3.63) is 0 Å². The zero-order valence-corrected chi connectivity index (χ0v) is 9.85. The van der Waals surface area contributed by atoms with Crippen LogP contribution in [0.4, 0.5) is 0 Å². The fraction of sp³-hybridized carbons (Fsp3) is 1.00. The molecular weight excluding hydrogens is 192 g/mol. The molecule has 3 N–H and O–H groups in total. The van der Waals surface area contributed by atoms with Crippen LogP contribution in [0.15, 0.2) is 0 Å². The number of ether oxygens (including phenoxy) is 1. The molecule has 3 atom stereocenters. The summed E-state index contributed by atoms with van der Waals surface area (Å²) in [4.78, 5) is 2.25. The maximum absolute atomic E-state index is 9.75. The zero-order valence-electron chi connectivity index (χ0n) is 9.85. The standard InChI is InChI=1S/C11H24N2O2/c1-3-15-10(6-12)7-13-5-4-9(2)11(14)8-13/h9-11,14H,3-8,12H2,1-2H3. The van der Waals surface area contributed by atoms with E-state index in [9.17, 15) is 5.11 Å². The average Bonchev–Trinajstić information content (AvgIpc) is 2.23. The average molecular weight is 216 g/mol. The van der Waals surface area contributed by atoms with Gasteiger partial charge in [0.25, 0.3) is 0 Å². The van der Waals surface area contributed by atoms with E-state index >= 15 is 0 Å². The molecule has 0 spiro atoms. The van der Waals surface area contributed by atoms with Gasteiger partial charge in [0.15, 0.2) is 0 Å². The summed E-state index contributed by atoms with van der Waals surface area (Å²) in [6.07, 6.45) is 0.972. The van der Waals surface area contributed by atoms with Crippen molar-refractivity contribution in [2.75, 3.05) is 32.8 Å². The van der Waals surface area contributed by atoms with Crippen LogP contribution in [0.25, 0.3) is 0 Å². The van der Waals surface area contributed by atoms with Crippen LogP contribution < -0.4 is 5.73 Å². The smallest absolute Gasteiger partial charge is 0.0823 e. The van der Waals surface area contributed by atoms with Crippen molar-refractivity contribution in [2.24, 2.45) is 11.7 Å². The van der Waals surface area contributed by atoms with Gasteiger partial charge in [-0.1, -0.05) is 6.92 Å². The topological polar surface area (TPSA) is 58.7 Å². The monoisotopic (exact) mass is 216 g/mol. The molecule has 0 aromatic carbocycles. The van der Waals surface area contributed by atoms with Crippen molar-refractivity contribution in [3.8, 4) is 0 Å². The van der Waals surface area contributed by atoms with Crippen molar-refractivity contribution >= 4 is 0 Å².